The van der Waals surface area contributed by atoms with Gasteiger partial charge in [0.2, 0.25) is 0 Å². The van der Waals surface area contributed by atoms with E-state index in [-0.39, 0.29) is 48.0 Å². The smallest absolute Gasteiger partial charge is 0.325 e. The van der Waals surface area contributed by atoms with E-state index >= 15 is 0 Å². The van der Waals surface area contributed by atoms with Gasteiger partial charge in [-0.15, -0.1) is 0 Å². The van der Waals surface area contributed by atoms with Crippen LogP contribution in [0.2, 0.25) is 0 Å². The summed E-state index contributed by atoms with van der Waals surface area (Å²) in [7, 11) is 0. The fourth-order valence-electron chi connectivity index (χ4n) is 5.15. The molecule has 6 rings (SSSR count). The van der Waals surface area contributed by atoms with E-state index in [1.54, 1.807) is 23.9 Å². The summed E-state index contributed by atoms with van der Waals surface area (Å²) >= 11 is 0. The lowest BCUT2D eigenvalue weighted by Crippen LogP contribution is -2.38. The lowest BCUT2D eigenvalue weighted by atomic mass is 9.63. The monoisotopic (exact) mass is 405 g/mol. The summed E-state index contributed by atoms with van der Waals surface area (Å²) in [6, 6.07) is 7.64. The third-order valence-corrected chi connectivity index (χ3v) is 6.47. The van der Waals surface area contributed by atoms with Crippen LogP contribution in [0.15, 0.2) is 47.7 Å². The van der Waals surface area contributed by atoms with Crippen LogP contribution in [0.3, 0.4) is 0 Å². The van der Waals surface area contributed by atoms with Crippen LogP contribution >= 0.6 is 0 Å². The summed E-state index contributed by atoms with van der Waals surface area (Å²) in [6.45, 7) is 2.18. The van der Waals surface area contributed by atoms with Crippen LogP contribution in [-0.2, 0) is 25.7 Å². The average molecular weight is 405 g/mol. The number of imide groups is 1. The molecule has 2 fully saturated rings. The Balaban J connectivity index is 1.44. The van der Waals surface area contributed by atoms with Gasteiger partial charge in [-0.05, 0) is 37.7 Å². The molecule has 0 spiro atoms. The Bertz CT molecular complexity index is 1070. The highest BCUT2D eigenvalue weighted by Crippen LogP contribution is 2.49. The number of rotatable bonds is 5. The van der Waals surface area contributed by atoms with E-state index in [9.17, 15) is 14.4 Å². The molecule has 7 nitrogen and oxygen atoms in total. The van der Waals surface area contributed by atoms with E-state index in [0.29, 0.717) is 6.61 Å². The molecular weight excluding hydrogens is 382 g/mol. The Labute approximate surface area is 174 Å². The highest BCUT2D eigenvalue weighted by Gasteiger charge is 2.56. The molecule has 7 heteroatoms. The Morgan fingerprint density at radius 2 is 1.80 bits per heavy atom. The first kappa shape index (κ1) is 18.8. The molecule has 4 atom stereocenters. The Morgan fingerprint density at radius 3 is 2.43 bits per heavy atom. The number of allylic oxidation sites excluding steroid dienone is 2. The molecule has 2 bridgehead atoms. The molecule has 1 aromatic carbocycles. The lowest BCUT2D eigenvalue weighted by molar-refractivity contribution is -0.144. The first-order valence-corrected chi connectivity index (χ1v) is 10.4. The number of amides is 2. The van der Waals surface area contributed by atoms with Gasteiger partial charge in [-0.25, -0.2) is 0 Å². The molecule has 2 amide bonds. The maximum absolute atomic E-state index is 12.9. The third kappa shape index (κ3) is 2.88. The average Bonchev–Trinajstić information content (AvgIpc) is 3.24. The number of nitrogens with zero attached hydrogens (tertiary/aromatic N) is 3. The minimum absolute atomic E-state index is 0.0863. The van der Waals surface area contributed by atoms with Crippen molar-refractivity contribution in [3.05, 3.63) is 48.2 Å². The van der Waals surface area contributed by atoms with Crippen LogP contribution in [0.5, 0.6) is 0 Å². The highest BCUT2D eigenvalue weighted by molar-refractivity contribution is 6.07. The predicted octanol–water partition coefficient (Wildman–Crippen LogP) is 2.74. The summed E-state index contributed by atoms with van der Waals surface area (Å²) in [4.78, 5) is 37.8. The number of para-hydroxylation sites is 1. The van der Waals surface area contributed by atoms with E-state index in [1.807, 2.05) is 24.3 Å². The van der Waals surface area contributed by atoms with Gasteiger partial charge in [0, 0.05) is 22.7 Å². The fraction of sp³-hybridized carbons (Fsp3) is 0.391. The minimum Gasteiger partial charge on any atom is -0.465 e. The van der Waals surface area contributed by atoms with E-state index in [4.69, 9.17) is 4.74 Å². The summed E-state index contributed by atoms with van der Waals surface area (Å²) in [5, 5.41) is 6.26. The molecule has 2 aromatic rings. The molecule has 2 heterocycles. The molecule has 1 saturated heterocycles. The number of hydrogen-bond acceptors (Lipinski definition) is 5. The maximum Gasteiger partial charge on any atom is 0.325 e. The van der Waals surface area contributed by atoms with Crippen LogP contribution in [0.1, 0.15) is 25.3 Å². The molecule has 0 radical (unpaired) electrons. The normalized spacial score (nSPS) is 27.4. The van der Waals surface area contributed by atoms with Crippen LogP contribution in [0, 0.1) is 23.7 Å². The number of hydrogen-bond donors (Lipinski definition) is 0. The second-order valence-electron chi connectivity index (χ2n) is 8.11. The van der Waals surface area contributed by atoms with Gasteiger partial charge in [-0.2, -0.15) is 10.1 Å². The zero-order valence-corrected chi connectivity index (χ0v) is 16.7. The number of esters is 1. The number of carbonyl (C=O) groups is 3. The quantitative estimate of drug-likeness (QED) is 0.332. The second kappa shape index (κ2) is 7.23. The molecule has 3 aliphatic carbocycles. The standard InChI is InChI=1S/C23H23N3O4/c1-2-30-19(27)13-25-12-16(17-5-3-4-6-18(17)25)11-24-26-22(28)20-14-7-8-15(10-9-14)21(20)23(26)29/h3-8,11-12,14-15,20-21H,2,9-10,13H2,1H3/b24-11-/t14-,15-,20+,21+/m0/s1. The van der Waals surface area contributed by atoms with E-state index < -0.39 is 0 Å². The predicted molar refractivity (Wildman–Crippen MR) is 110 cm³/mol. The van der Waals surface area contributed by atoms with Crippen LogP contribution in [0.25, 0.3) is 10.9 Å². The second-order valence-corrected chi connectivity index (χ2v) is 8.11. The van der Waals surface area contributed by atoms with Gasteiger partial charge in [0.05, 0.1) is 24.7 Å². The molecule has 1 aromatic heterocycles. The summed E-state index contributed by atoms with van der Waals surface area (Å²) < 4.78 is 6.85. The Hall–Kier alpha value is -3.22. The Kier molecular flexibility index (Phi) is 4.53. The van der Waals surface area contributed by atoms with Crippen molar-refractivity contribution in [3.63, 3.8) is 0 Å². The molecule has 30 heavy (non-hydrogen) atoms. The Morgan fingerprint density at radius 1 is 1.13 bits per heavy atom. The van der Waals surface area contributed by atoms with Crippen molar-refractivity contribution in [2.45, 2.75) is 26.3 Å². The zero-order valence-electron chi connectivity index (χ0n) is 16.7. The van der Waals surface area contributed by atoms with Crippen molar-refractivity contribution in [2.24, 2.45) is 28.8 Å². The highest BCUT2D eigenvalue weighted by atomic mass is 16.5. The number of ether oxygens (including phenoxy) is 1. The minimum atomic E-state index is -0.321. The number of benzene rings is 1. The molecular formula is C23H23N3O4. The number of carbonyl (C=O) groups excluding carboxylic acids is 3. The van der Waals surface area contributed by atoms with Crippen molar-refractivity contribution >= 4 is 34.9 Å². The SMILES string of the molecule is CCOC(=O)Cn1cc(/C=N\N2C(=O)[C@H]3[C@H](C2=O)[C@H]2C=C[C@H]3CC2)c2ccccc21. The molecule has 154 valence electrons. The van der Waals surface area contributed by atoms with E-state index in [1.165, 1.54) is 0 Å². The van der Waals surface area contributed by atoms with Crippen molar-refractivity contribution in [1.29, 1.82) is 0 Å². The van der Waals surface area contributed by atoms with Gasteiger partial charge in [-0.1, -0.05) is 30.4 Å². The molecule has 4 aliphatic rings. The van der Waals surface area contributed by atoms with E-state index in [2.05, 4.69) is 17.3 Å². The van der Waals surface area contributed by atoms with Crippen molar-refractivity contribution < 1.29 is 19.1 Å². The summed E-state index contributed by atoms with van der Waals surface area (Å²) in [5.41, 5.74) is 1.61. The topological polar surface area (TPSA) is 81.0 Å². The fourth-order valence-corrected chi connectivity index (χ4v) is 5.15. The number of aromatic nitrogens is 1. The number of hydrazone groups is 1. The largest absolute Gasteiger partial charge is 0.465 e. The third-order valence-electron chi connectivity index (χ3n) is 6.47. The van der Waals surface area contributed by atoms with Gasteiger partial charge in [-0.3, -0.25) is 14.4 Å². The van der Waals surface area contributed by atoms with Gasteiger partial charge >= 0.3 is 5.97 Å². The van der Waals surface area contributed by atoms with Crippen molar-refractivity contribution in [1.82, 2.24) is 9.58 Å². The van der Waals surface area contributed by atoms with Crippen LogP contribution in [-0.4, -0.2) is 40.2 Å². The van der Waals surface area contributed by atoms with Gasteiger partial charge in [0.1, 0.15) is 6.54 Å². The first-order chi connectivity index (χ1) is 14.6. The summed E-state index contributed by atoms with van der Waals surface area (Å²) in [5.74, 6) is -0.983. The van der Waals surface area contributed by atoms with Crippen LogP contribution in [0.4, 0.5) is 0 Å². The molecule has 1 saturated carbocycles. The molecule has 0 unspecified atom stereocenters. The molecule has 1 aliphatic heterocycles. The lowest BCUT2D eigenvalue weighted by Gasteiger charge is -2.37. The number of fused-ring (bicyclic) bond motifs is 2. The van der Waals surface area contributed by atoms with Gasteiger partial charge in [0.25, 0.3) is 11.8 Å². The van der Waals surface area contributed by atoms with Gasteiger partial charge < -0.3 is 9.30 Å². The van der Waals surface area contributed by atoms with E-state index in [0.717, 1.165) is 34.3 Å². The summed E-state index contributed by atoms with van der Waals surface area (Å²) in [6.07, 6.45) is 9.45. The van der Waals surface area contributed by atoms with Gasteiger partial charge in [0.15, 0.2) is 0 Å². The molecule has 0 N–H and O–H groups in total. The van der Waals surface area contributed by atoms with Crippen LogP contribution < -0.4 is 0 Å². The van der Waals surface area contributed by atoms with Crippen molar-refractivity contribution in [2.75, 3.05) is 6.61 Å². The van der Waals surface area contributed by atoms with Crippen molar-refractivity contribution in [3.8, 4) is 0 Å². The first-order valence-electron chi connectivity index (χ1n) is 10.4. The maximum atomic E-state index is 12.9. The zero-order chi connectivity index (χ0) is 20.8.